The predicted molar refractivity (Wildman–Crippen MR) is 65.5 cm³/mol. The molecule has 1 aromatic rings. The number of sulfonamides is 1. The first kappa shape index (κ1) is 15.5. The van der Waals surface area contributed by atoms with E-state index in [0.717, 1.165) is 6.07 Å². The SMILES string of the molecule is CCC(CO)NS(=O)(=O)c1cc(Br)c(F)cc1F. The van der Waals surface area contributed by atoms with E-state index in [0.29, 0.717) is 12.5 Å². The molecule has 0 saturated heterocycles. The van der Waals surface area contributed by atoms with Crippen LogP contribution in [0.15, 0.2) is 21.5 Å². The molecule has 4 nitrogen and oxygen atoms in total. The van der Waals surface area contributed by atoms with Gasteiger partial charge in [0.25, 0.3) is 0 Å². The van der Waals surface area contributed by atoms with Crippen molar-refractivity contribution >= 4 is 26.0 Å². The number of aliphatic hydroxyl groups excluding tert-OH is 1. The summed E-state index contributed by atoms with van der Waals surface area (Å²) in [6.45, 7) is 1.26. The van der Waals surface area contributed by atoms with Crippen molar-refractivity contribution in [2.45, 2.75) is 24.3 Å². The van der Waals surface area contributed by atoms with Gasteiger partial charge in [-0.3, -0.25) is 0 Å². The van der Waals surface area contributed by atoms with E-state index >= 15 is 0 Å². The van der Waals surface area contributed by atoms with Crippen LogP contribution in [0.3, 0.4) is 0 Å². The lowest BCUT2D eigenvalue weighted by atomic mass is 10.3. The zero-order chi connectivity index (χ0) is 13.9. The summed E-state index contributed by atoms with van der Waals surface area (Å²) in [4.78, 5) is -0.664. The summed E-state index contributed by atoms with van der Waals surface area (Å²) in [6.07, 6.45) is 0.347. The van der Waals surface area contributed by atoms with Crippen LogP contribution in [0.1, 0.15) is 13.3 Å². The average Bonchev–Trinajstić information content (AvgIpc) is 2.30. The molecule has 0 amide bonds. The van der Waals surface area contributed by atoms with Gasteiger partial charge >= 0.3 is 0 Å². The molecule has 0 aliphatic heterocycles. The first-order chi connectivity index (χ1) is 8.31. The van der Waals surface area contributed by atoms with Crippen molar-refractivity contribution in [1.82, 2.24) is 4.72 Å². The Hall–Kier alpha value is -0.570. The van der Waals surface area contributed by atoms with Gasteiger partial charge in [0.15, 0.2) is 0 Å². The third-order valence-corrected chi connectivity index (χ3v) is 4.44. The zero-order valence-electron chi connectivity index (χ0n) is 9.45. The topological polar surface area (TPSA) is 66.4 Å². The number of benzene rings is 1. The van der Waals surface area contributed by atoms with Gasteiger partial charge in [0.05, 0.1) is 11.1 Å². The minimum Gasteiger partial charge on any atom is -0.395 e. The lowest BCUT2D eigenvalue weighted by molar-refractivity contribution is 0.253. The van der Waals surface area contributed by atoms with Gasteiger partial charge in [0.1, 0.15) is 16.5 Å². The van der Waals surface area contributed by atoms with E-state index in [1.165, 1.54) is 0 Å². The van der Waals surface area contributed by atoms with Crippen LogP contribution in [0, 0.1) is 11.6 Å². The van der Waals surface area contributed by atoms with Crippen LogP contribution in [-0.4, -0.2) is 26.2 Å². The minimum absolute atomic E-state index is 0.152. The molecule has 0 aliphatic rings. The lowest BCUT2D eigenvalue weighted by Gasteiger charge is -2.15. The molecular formula is C10H12BrF2NO3S. The maximum Gasteiger partial charge on any atom is 0.243 e. The Morgan fingerprint density at radius 2 is 2.00 bits per heavy atom. The number of aliphatic hydroxyl groups is 1. The minimum atomic E-state index is -4.14. The first-order valence-corrected chi connectivity index (χ1v) is 7.37. The Balaban J connectivity index is 3.16. The molecule has 0 aromatic heterocycles. The van der Waals surface area contributed by atoms with E-state index in [2.05, 4.69) is 20.7 Å². The van der Waals surface area contributed by atoms with Gasteiger partial charge in [-0.2, -0.15) is 0 Å². The molecule has 18 heavy (non-hydrogen) atoms. The van der Waals surface area contributed by atoms with Crippen LogP contribution in [0.2, 0.25) is 0 Å². The number of rotatable bonds is 5. The monoisotopic (exact) mass is 343 g/mol. The highest BCUT2D eigenvalue weighted by Crippen LogP contribution is 2.23. The zero-order valence-corrected chi connectivity index (χ0v) is 11.9. The first-order valence-electron chi connectivity index (χ1n) is 5.09. The molecule has 1 rings (SSSR count). The van der Waals surface area contributed by atoms with E-state index in [1.54, 1.807) is 6.92 Å². The highest BCUT2D eigenvalue weighted by molar-refractivity contribution is 9.10. The highest BCUT2D eigenvalue weighted by Gasteiger charge is 2.23. The highest BCUT2D eigenvalue weighted by atomic mass is 79.9. The van der Waals surface area contributed by atoms with Crippen molar-refractivity contribution in [1.29, 1.82) is 0 Å². The van der Waals surface area contributed by atoms with Gasteiger partial charge in [-0.1, -0.05) is 6.92 Å². The summed E-state index contributed by atoms with van der Waals surface area (Å²) in [5.74, 6) is -2.07. The number of nitrogens with one attached hydrogen (secondary N) is 1. The Labute approximate surface area is 112 Å². The second-order valence-corrected chi connectivity index (χ2v) is 6.14. The molecule has 1 unspecified atom stereocenters. The normalized spacial score (nSPS) is 13.6. The fraction of sp³-hybridized carbons (Fsp3) is 0.400. The average molecular weight is 344 g/mol. The fourth-order valence-electron chi connectivity index (χ4n) is 1.24. The standard InChI is InChI=1S/C10H12BrF2NO3S/c1-2-6(5-15)14-18(16,17)10-3-7(11)8(12)4-9(10)13/h3-4,6,14-15H,2,5H2,1H3. The fourth-order valence-corrected chi connectivity index (χ4v) is 3.13. The van der Waals surface area contributed by atoms with Crippen molar-refractivity contribution in [2.75, 3.05) is 6.61 Å². The van der Waals surface area contributed by atoms with Crippen LogP contribution >= 0.6 is 15.9 Å². The Morgan fingerprint density at radius 3 is 2.50 bits per heavy atom. The van der Waals surface area contributed by atoms with Crippen molar-refractivity contribution in [2.24, 2.45) is 0 Å². The van der Waals surface area contributed by atoms with Gasteiger partial charge < -0.3 is 5.11 Å². The Kier molecular flexibility index (Phi) is 5.20. The summed E-state index contributed by atoms with van der Waals surface area (Å²) in [5, 5.41) is 8.91. The molecular weight excluding hydrogens is 332 g/mol. The molecule has 0 fully saturated rings. The second-order valence-electron chi connectivity index (χ2n) is 3.61. The van der Waals surface area contributed by atoms with E-state index < -0.39 is 39.2 Å². The molecule has 1 atom stereocenters. The second kappa shape index (κ2) is 6.05. The van der Waals surface area contributed by atoms with Gasteiger partial charge in [-0.05, 0) is 28.4 Å². The largest absolute Gasteiger partial charge is 0.395 e. The molecule has 0 heterocycles. The molecule has 0 radical (unpaired) electrons. The summed E-state index contributed by atoms with van der Waals surface area (Å²) in [7, 11) is -4.14. The van der Waals surface area contributed by atoms with E-state index in [9.17, 15) is 17.2 Å². The third kappa shape index (κ3) is 3.47. The summed E-state index contributed by atoms with van der Waals surface area (Å²) >= 11 is 2.79. The third-order valence-electron chi connectivity index (χ3n) is 2.30. The van der Waals surface area contributed by atoms with E-state index in [1.807, 2.05) is 0 Å². The summed E-state index contributed by atoms with van der Waals surface area (Å²) in [6, 6.07) is 0.619. The maximum absolute atomic E-state index is 13.4. The molecule has 0 aliphatic carbocycles. The molecule has 8 heteroatoms. The van der Waals surface area contributed by atoms with Gasteiger partial charge in [0.2, 0.25) is 10.0 Å². The molecule has 1 aromatic carbocycles. The van der Waals surface area contributed by atoms with Crippen molar-refractivity contribution in [3.8, 4) is 0 Å². The van der Waals surface area contributed by atoms with Crippen molar-refractivity contribution in [3.63, 3.8) is 0 Å². The lowest BCUT2D eigenvalue weighted by Crippen LogP contribution is -2.37. The molecule has 0 bridgehead atoms. The van der Waals surface area contributed by atoms with Crippen molar-refractivity contribution < 1.29 is 22.3 Å². The number of halogens is 3. The number of hydrogen-bond acceptors (Lipinski definition) is 3. The Bertz CT molecular complexity index is 532. The quantitative estimate of drug-likeness (QED) is 0.801. The van der Waals surface area contributed by atoms with Crippen LogP contribution in [0.4, 0.5) is 8.78 Å². The van der Waals surface area contributed by atoms with E-state index in [4.69, 9.17) is 5.11 Å². The molecule has 102 valence electrons. The van der Waals surface area contributed by atoms with E-state index in [-0.39, 0.29) is 4.47 Å². The molecule has 2 N–H and O–H groups in total. The number of hydrogen-bond donors (Lipinski definition) is 2. The van der Waals surface area contributed by atoms with Gasteiger partial charge in [0, 0.05) is 12.1 Å². The van der Waals surface area contributed by atoms with Crippen LogP contribution in [0.25, 0.3) is 0 Å². The molecule has 0 saturated carbocycles. The smallest absolute Gasteiger partial charge is 0.243 e. The van der Waals surface area contributed by atoms with Gasteiger partial charge in [-0.15, -0.1) is 0 Å². The van der Waals surface area contributed by atoms with Crippen LogP contribution < -0.4 is 4.72 Å². The van der Waals surface area contributed by atoms with Crippen LogP contribution in [-0.2, 0) is 10.0 Å². The summed E-state index contributed by atoms with van der Waals surface area (Å²) in [5.41, 5.74) is 0. The van der Waals surface area contributed by atoms with Crippen molar-refractivity contribution in [3.05, 3.63) is 28.2 Å². The Morgan fingerprint density at radius 1 is 1.39 bits per heavy atom. The van der Waals surface area contributed by atoms with Crippen LogP contribution in [0.5, 0.6) is 0 Å². The molecule has 0 spiro atoms. The predicted octanol–water partition coefficient (Wildman–Crippen LogP) is 1.78. The van der Waals surface area contributed by atoms with Gasteiger partial charge in [-0.25, -0.2) is 21.9 Å². The summed E-state index contributed by atoms with van der Waals surface area (Å²) < 4.78 is 52.1. The maximum atomic E-state index is 13.4.